The molecule has 0 bridgehead atoms. The number of aromatic nitrogens is 2. The summed E-state index contributed by atoms with van der Waals surface area (Å²) in [7, 11) is 1.63. The lowest BCUT2D eigenvalue weighted by Crippen LogP contribution is -2.45. The Balaban J connectivity index is 1.93. The summed E-state index contributed by atoms with van der Waals surface area (Å²) < 4.78 is 5.12. The van der Waals surface area contributed by atoms with Crippen LogP contribution in [0.2, 0.25) is 0 Å². The number of urea groups is 1. The molecule has 6 heteroatoms. The third-order valence-corrected chi connectivity index (χ3v) is 3.58. The molecular weight excluding hydrogens is 304 g/mol. The highest BCUT2D eigenvalue weighted by molar-refractivity contribution is 5.74. The van der Waals surface area contributed by atoms with Gasteiger partial charge in [0.15, 0.2) is 0 Å². The summed E-state index contributed by atoms with van der Waals surface area (Å²) in [4.78, 5) is 22.5. The van der Waals surface area contributed by atoms with Gasteiger partial charge in [-0.05, 0) is 36.6 Å². The fourth-order valence-electron chi connectivity index (χ4n) is 2.39. The van der Waals surface area contributed by atoms with Crippen molar-refractivity contribution >= 4 is 6.03 Å². The first-order valence-electron chi connectivity index (χ1n) is 8.01. The van der Waals surface area contributed by atoms with Crippen molar-refractivity contribution in [3.05, 3.63) is 60.2 Å². The second-order valence-electron chi connectivity index (χ2n) is 5.69. The highest BCUT2D eigenvalue weighted by atomic mass is 16.5. The molecule has 1 atom stereocenters. The number of pyridine rings is 2. The maximum absolute atomic E-state index is 12.6. The van der Waals surface area contributed by atoms with Gasteiger partial charge < -0.3 is 15.0 Å². The summed E-state index contributed by atoms with van der Waals surface area (Å²) in [6.45, 7) is 3.51. The zero-order valence-corrected chi connectivity index (χ0v) is 14.2. The minimum absolute atomic E-state index is 0.0145. The Morgan fingerprint density at radius 2 is 1.88 bits per heavy atom. The predicted molar refractivity (Wildman–Crippen MR) is 92.5 cm³/mol. The lowest BCUT2D eigenvalue weighted by atomic mass is 10.1. The summed E-state index contributed by atoms with van der Waals surface area (Å²) in [5.41, 5.74) is 2.09. The third kappa shape index (κ3) is 5.96. The summed E-state index contributed by atoms with van der Waals surface area (Å²) >= 11 is 0. The topological polar surface area (TPSA) is 67.3 Å². The number of nitrogens with zero attached hydrogens (tertiary/aromatic N) is 3. The largest absolute Gasteiger partial charge is 0.383 e. The molecule has 0 aliphatic heterocycles. The van der Waals surface area contributed by atoms with Crippen LogP contribution >= 0.6 is 0 Å². The van der Waals surface area contributed by atoms with Crippen LogP contribution in [0, 0.1) is 0 Å². The van der Waals surface area contributed by atoms with Crippen molar-refractivity contribution in [2.45, 2.75) is 25.9 Å². The number of nitrogens with one attached hydrogen (secondary N) is 1. The molecule has 2 aromatic rings. The molecule has 2 aromatic heterocycles. The number of hydrogen-bond acceptors (Lipinski definition) is 4. The van der Waals surface area contributed by atoms with E-state index in [-0.39, 0.29) is 12.1 Å². The van der Waals surface area contributed by atoms with Crippen molar-refractivity contribution in [1.82, 2.24) is 20.2 Å². The fraction of sp³-hybridized carbons (Fsp3) is 0.389. The van der Waals surface area contributed by atoms with Gasteiger partial charge in [-0.2, -0.15) is 0 Å². The van der Waals surface area contributed by atoms with Crippen molar-refractivity contribution in [2.24, 2.45) is 0 Å². The van der Waals surface area contributed by atoms with Crippen LogP contribution in [-0.2, 0) is 17.7 Å². The number of rotatable bonds is 8. The molecule has 2 heterocycles. The molecule has 0 aliphatic rings. The Hall–Kier alpha value is -2.47. The van der Waals surface area contributed by atoms with Gasteiger partial charge in [-0.15, -0.1) is 0 Å². The molecule has 0 fully saturated rings. The Kier molecular flexibility index (Phi) is 7.17. The standard InChI is InChI=1S/C18H24N4O2/c1-15(11-16-5-3-7-19-12-16)21-18(23)22(9-10-24-2)14-17-6-4-8-20-13-17/h3-8,12-13,15H,9-11,14H2,1-2H3,(H,21,23)/t15-/m0/s1. The number of amides is 2. The van der Waals surface area contributed by atoms with Gasteiger partial charge in [-0.3, -0.25) is 9.97 Å². The number of carbonyl (C=O) groups excluding carboxylic acids is 1. The smallest absolute Gasteiger partial charge is 0.317 e. The monoisotopic (exact) mass is 328 g/mol. The lowest BCUT2D eigenvalue weighted by Gasteiger charge is -2.25. The van der Waals surface area contributed by atoms with Crippen LogP contribution in [0.1, 0.15) is 18.1 Å². The van der Waals surface area contributed by atoms with E-state index in [9.17, 15) is 4.79 Å². The van der Waals surface area contributed by atoms with Crippen LogP contribution in [0.3, 0.4) is 0 Å². The Bertz CT molecular complexity index is 607. The van der Waals surface area contributed by atoms with Gasteiger partial charge in [0.05, 0.1) is 6.61 Å². The fourth-order valence-corrected chi connectivity index (χ4v) is 2.39. The van der Waals surface area contributed by atoms with Gasteiger partial charge >= 0.3 is 6.03 Å². The third-order valence-electron chi connectivity index (χ3n) is 3.58. The zero-order chi connectivity index (χ0) is 17.2. The van der Waals surface area contributed by atoms with Crippen LogP contribution < -0.4 is 5.32 Å². The molecule has 2 rings (SSSR count). The maximum Gasteiger partial charge on any atom is 0.317 e. The van der Waals surface area contributed by atoms with Crippen LogP contribution in [0.5, 0.6) is 0 Å². The average molecular weight is 328 g/mol. The highest BCUT2D eigenvalue weighted by Crippen LogP contribution is 2.05. The van der Waals surface area contributed by atoms with Crippen molar-refractivity contribution < 1.29 is 9.53 Å². The number of carbonyl (C=O) groups is 1. The van der Waals surface area contributed by atoms with Gasteiger partial charge in [0.1, 0.15) is 0 Å². The van der Waals surface area contributed by atoms with Crippen LogP contribution in [-0.4, -0.2) is 47.2 Å². The minimum atomic E-state index is -0.104. The number of hydrogen-bond donors (Lipinski definition) is 1. The van der Waals surface area contributed by atoms with Gasteiger partial charge in [-0.25, -0.2) is 4.79 Å². The van der Waals surface area contributed by atoms with E-state index in [0.717, 1.165) is 17.5 Å². The molecule has 0 unspecified atom stereocenters. The molecule has 0 spiro atoms. The molecule has 0 saturated heterocycles. The normalized spacial score (nSPS) is 11.8. The number of ether oxygens (including phenoxy) is 1. The summed E-state index contributed by atoms with van der Waals surface area (Å²) in [6, 6.07) is 7.64. The van der Waals surface area contributed by atoms with E-state index in [1.165, 1.54) is 0 Å². The molecule has 0 aliphatic carbocycles. The molecule has 1 N–H and O–H groups in total. The van der Waals surface area contributed by atoms with Gasteiger partial charge in [0.2, 0.25) is 0 Å². The Morgan fingerprint density at radius 3 is 2.46 bits per heavy atom. The average Bonchev–Trinajstić information content (AvgIpc) is 2.60. The molecule has 0 saturated carbocycles. The van der Waals surface area contributed by atoms with Gasteiger partial charge in [0.25, 0.3) is 0 Å². The first-order valence-corrected chi connectivity index (χ1v) is 8.01. The van der Waals surface area contributed by atoms with Crippen molar-refractivity contribution in [3.8, 4) is 0 Å². The number of methoxy groups -OCH3 is 1. The predicted octanol–water partition coefficient (Wildman–Crippen LogP) is 2.27. The van der Waals surface area contributed by atoms with Crippen LogP contribution in [0.4, 0.5) is 4.79 Å². The first-order chi connectivity index (χ1) is 11.7. The second kappa shape index (κ2) is 9.62. The van der Waals surface area contributed by atoms with Crippen LogP contribution in [0.15, 0.2) is 49.1 Å². The second-order valence-corrected chi connectivity index (χ2v) is 5.69. The SMILES string of the molecule is COCCN(Cc1cccnc1)C(=O)N[C@@H](C)Cc1cccnc1. The Labute approximate surface area is 142 Å². The van der Waals surface area contributed by atoms with E-state index in [1.807, 2.05) is 37.4 Å². The molecule has 128 valence electrons. The quantitative estimate of drug-likeness (QED) is 0.807. The summed E-state index contributed by atoms with van der Waals surface area (Å²) in [5.74, 6) is 0. The molecular formula is C18H24N4O2. The van der Waals surface area contributed by atoms with E-state index in [2.05, 4.69) is 15.3 Å². The summed E-state index contributed by atoms with van der Waals surface area (Å²) in [5, 5.41) is 3.04. The summed E-state index contributed by atoms with van der Waals surface area (Å²) in [6.07, 6.45) is 7.80. The van der Waals surface area contributed by atoms with E-state index in [0.29, 0.717) is 19.7 Å². The van der Waals surface area contributed by atoms with E-state index in [4.69, 9.17) is 4.74 Å². The zero-order valence-electron chi connectivity index (χ0n) is 14.2. The van der Waals surface area contributed by atoms with Crippen molar-refractivity contribution in [3.63, 3.8) is 0 Å². The molecule has 24 heavy (non-hydrogen) atoms. The van der Waals surface area contributed by atoms with E-state index in [1.54, 1.807) is 30.6 Å². The highest BCUT2D eigenvalue weighted by Gasteiger charge is 2.16. The van der Waals surface area contributed by atoms with E-state index >= 15 is 0 Å². The molecule has 2 amide bonds. The molecule has 6 nitrogen and oxygen atoms in total. The van der Waals surface area contributed by atoms with Gasteiger partial charge in [0, 0.05) is 51.0 Å². The van der Waals surface area contributed by atoms with Gasteiger partial charge in [-0.1, -0.05) is 12.1 Å². The van der Waals surface area contributed by atoms with Crippen molar-refractivity contribution in [2.75, 3.05) is 20.3 Å². The van der Waals surface area contributed by atoms with Crippen LogP contribution in [0.25, 0.3) is 0 Å². The minimum Gasteiger partial charge on any atom is -0.383 e. The van der Waals surface area contributed by atoms with Crippen molar-refractivity contribution in [1.29, 1.82) is 0 Å². The Morgan fingerprint density at radius 1 is 1.21 bits per heavy atom. The maximum atomic E-state index is 12.6. The first kappa shape index (κ1) is 17.9. The lowest BCUT2D eigenvalue weighted by molar-refractivity contribution is 0.145. The van der Waals surface area contributed by atoms with E-state index < -0.39 is 0 Å². The molecule has 0 aromatic carbocycles. The molecule has 0 radical (unpaired) electrons.